The van der Waals surface area contributed by atoms with Crippen LogP contribution in [0.15, 0.2) is 29.5 Å². The fourth-order valence-corrected chi connectivity index (χ4v) is 5.20. The Kier molecular flexibility index (Phi) is 3.67. The van der Waals surface area contributed by atoms with Crippen molar-refractivity contribution in [3.8, 4) is 0 Å². The van der Waals surface area contributed by atoms with E-state index in [0.717, 1.165) is 36.7 Å². The monoisotopic (exact) mass is 351 g/mol. The summed E-state index contributed by atoms with van der Waals surface area (Å²) in [4.78, 5) is 20.7. The molecule has 1 unspecified atom stereocenters. The van der Waals surface area contributed by atoms with Gasteiger partial charge < -0.3 is 5.32 Å². The van der Waals surface area contributed by atoms with Gasteiger partial charge >= 0.3 is 0 Å². The topological polar surface area (TPSA) is 54.4 Å². The van der Waals surface area contributed by atoms with Gasteiger partial charge in [0.1, 0.15) is 0 Å². The standard InChI is InChI=1S/C17H19F2N3OS/c1-16(17(18,19)12-3-2-6-20-9-12)14(23)22-15(24-16)21-13-8-10-4-5-11(13)7-10/h2-3,6,9-11,13H,4-5,7-8H2,1H3,(H,21,22,23)/t10-,11+,13+,16?/m1/s1. The van der Waals surface area contributed by atoms with Crippen LogP contribution in [0.2, 0.25) is 0 Å². The highest BCUT2D eigenvalue weighted by Crippen LogP contribution is 2.51. The van der Waals surface area contributed by atoms with E-state index in [9.17, 15) is 13.6 Å². The highest BCUT2D eigenvalue weighted by Gasteiger charge is 2.61. The number of hydrogen-bond acceptors (Lipinski definition) is 4. The average molecular weight is 351 g/mol. The smallest absolute Gasteiger partial charge is 0.298 e. The van der Waals surface area contributed by atoms with Crippen molar-refractivity contribution in [3.05, 3.63) is 30.1 Å². The molecule has 7 heteroatoms. The lowest BCUT2D eigenvalue weighted by atomic mass is 9.95. The van der Waals surface area contributed by atoms with Gasteiger partial charge in [-0.15, -0.1) is 0 Å². The molecular weight excluding hydrogens is 332 g/mol. The average Bonchev–Trinajstić information content (AvgIpc) is 3.24. The number of carbonyl (C=O) groups is 1. The number of amides is 1. The van der Waals surface area contributed by atoms with Crippen LogP contribution in [0.25, 0.3) is 0 Å². The van der Waals surface area contributed by atoms with Gasteiger partial charge in [-0.2, -0.15) is 8.78 Å². The molecule has 1 aromatic heterocycles. The highest BCUT2D eigenvalue weighted by atomic mass is 32.2. The Morgan fingerprint density at radius 3 is 2.88 bits per heavy atom. The number of thioether (sulfide) groups is 1. The Morgan fingerprint density at radius 2 is 2.25 bits per heavy atom. The molecule has 3 fully saturated rings. The number of rotatable bonds is 3. The van der Waals surface area contributed by atoms with E-state index in [1.54, 1.807) is 0 Å². The van der Waals surface area contributed by atoms with Crippen molar-refractivity contribution in [2.45, 2.75) is 49.3 Å². The lowest BCUT2D eigenvalue weighted by Crippen LogP contribution is -2.47. The molecular formula is C17H19F2N3OS. The summed E-state index contributed by atoms with van der Waals surface area (Å²) < 4.78 is 28.0. The molecule has 3 aliphatic rings. The van der Waals surface area contributed by atoms with Crippen molar-refractivity contribution in [1.82, 2.24) is 10.3 Å². The quantitative estimate of drug-likeness (QED) is 0.909. The maximum absolute atomic E-state index is 15.0. The second kappa shape index (κ2) is 5.51. The summed E-state index contributed by atoms with van der Waals surface area (Å²) in [5.74, 6) is -2.76. The van der Waals surface area contributed by atoms with Crippen molar-refractivity contribution in [2.75, 3.05) is 0 Å². The lowest BCUT2D eigenvalue weighted by molar-refractivity contribution is -0.132. The zero-order valence-corrected chi connectivity index (χ0v) is 14.2. The predicted octanol–water partition coefficient (Wildman–Crippen LogP) is 3.34. The number of alkyl halides is 2. The van der Waals surface area contributed by atoms with Gasteiger partial charge in [-0.3, -0.25) is 14.8 Å². The number of aromatic nitrogens is 1. The first-order valence-corrected chi connectivity index (χ1v) is 9.08. The molecule has 4 nitrogen and oxygen atoms in total. The number of fused-ring (bicyclic) bond motifs is 2. The van der Waals surface area contributed by atoms with Gasteiger partial charge in [-0.25, -0.2) is 0 Å². The number of hydrogen-bond donors (Lipinski definition) is 1. The van der Waals surface area contributed by atoms with Crippen LogP contribution in [-0.4, -0.2) is 26.8 Å². The van der Waals surface area contributed by atoms with Crippen molar-refractivity contribution >= 4 is 22.8 Å². The number of pyridine rings is 1. The molecule has 2 heterocycles. The molecule has 2 aliphatic carbocycles. The van der Waals surface area contributed by atoms with Gasteiger partial charge in [0, 0.05) is 18.0 Å². The summed E-state index contributed by atoms with van der Waals surface area (Å²) in [5.41, 5.74) is -0.253. The summed E-state index contributed by atoms with van der Waals surface area (Å²) >= 11 is 0.849. The Labute approximate surface area is 143 Å². The van der Waals surface area contributed by atoms with Crippen molar-refractivity contribution in [3.63, 3.8) is 0 Å². The largest absolute Gasteiger partial charge is 0.304 e. The number of aliphatic imine (C=N–C) groups is 1. The number of carbonyl (C=O) groups excluding carboxylic acids is 1. The molecule has 0 spiro atoms. The molecule has 1 aliphatic heterocycles. The zero-order valence-electron chi connectivity index (χ0n) is 13.3. The van der Waals surface area contributed by atoms with E-state index >= 15 is 0 Å². The first kappa shape index (κ1) is 16.0. The van der Waals surface area contributed by atoms with Gasteiger partial charge in [0.05, 0.1) is 6.04 Å². The van der Waals surface area contributed by atoms with Crippen molar-refractivity contribution < 1.29 is 13.6 Å². The summed E-state index contributed by atoms with van der Waals surface area (Å²) in [7, 11) is 0. The molecule has 1 amide bonds. The Balaban J connectivity index is 1.59. The molecule has 4 rings (SSSR count). The van der Waals surface area contributed by atoms with E-state index < -0.39 is 16.6 Å². The Hall–Kier alpha value is -1.50. The van der Waals surface area contributed by atoms with Crippen LogP contribution in [0.4, 0.5) is 8.78 Å². The SMILES string of the molecule is CC1(C(F)(F)c2cccnc2)SC(=N[C@H]2C[C@@H]3CC[C@H]2C3)NC1=O. The van der Waals surface area contributed by atoms with E-state index in [1.807, 2.05) is 0 Å². The molecule has 2 bridgehead atoms. The summed E-state index contributed by atoms with van der Waals surface area (Å²) in [6, 6.07) is 2.92. The minimum atomic E-state index is -3.33. The van der Waals surface area contributed by atoms with Gasteiger partial charge in [0.2, 0.25) is 5.91 Å². The van der Waals surface area contributed by atoms with E-state index in [4.69, 9.17) is 0 Å². The van der Waals surface area contributed by atoms with Crippen LogP contribution >= 0.6 is 11.8 Å². The van der Waals surface area contributed by atoms with Crippen LogP contribution < -0.4 is 5.32 Å². The van der Waals surface area contributed by atoms with Gasteiger partial charge in [-0.05, 0) is 50.2 Å². The molecule has 24 heavy (non-hydrogen) atoms. The van der Waals surface area contributed by atoms with Crippen LogP contribution in [-0.2, 0) is 10.7 Å². The molecule has 4 atom stereocenters. The second-order valence-corrected chi connectivity index (χ2v) is 8.49. The van der Waals surface area contributed by atoms with Crippen LogP contribution in [0.1, 0.15) is 38.2 Å². The van der Waals surface area contributed by atoms with Crippen molar-refractivity contribution in [2.24, 2.45) is 16.8 Å². The molecule has 0 radical (unpaired) electrons. The summed E-state index contributed by atoms with van der Waals surface area (Å²) in [6.07, 6.45) is 7.16. The van der Waals surface area contributed by atoms with E-state index in [2.05, 4.69) is 15.3 Å². The first-order valence-electron chi connectivity index (χ1n) is 8.27. The van der Waals surface area contributed by atoms with Crippen LogP contribution in [0.5, 0.6) is 0 Å². The van der Waals surface area contributed by atoms with E-state index in [-0.39, 0.29) is 11.6 Å². The predicted molar refractivity (Wildman–Crippen MR) is 88.9 cm³/mol. The third-order valence-electron chi connectivity index (χ3n) is 5.56. The summed E-state index contributed by atoms with van der Waals surface area (Å²) in [5, 5.41) is 2.92. The zero-order chi connectivity index (χ0) is 16.9. The third kappa shape index (κ3) is 2.36. The Bertz CT molecular complexity index is 696. The maximum Gasteiger partial charge on any atom is 0.298 e. The molecule has 1 aromatic rings. The molecule has 2 saturated carbocycles. The fraction of sp³-hybridized carbons (Fsp3) is 0.588. The fourth-order valence-electron chi connectivity index (χ4n) is 4.09. The van der Waals surface area contributed by atoms with Crippen LogP contribution in [0, 0.1) is 11.8 Å². The van der Waals surface area contributed by atoms with Gasteiger partial charge in [-0.1, -0.05) is 18.2 Å². The molecule has 128 valence electrons. The molecule has 1 N–H and O–H groups in total. The molecule has 1 saturated heterocycles. The molecule has 0 aromatic carbocycles. The second-order valence-electron chi connectivity index (χ2n) is 7.08. The maximum atomic E-state index is 15.0. The summed E-state index contributed by atoms with van der Waals surface area (Å²) in [6.45, 7) is 1.28. The number of nitrogens with zero attached hydrogens (tertiary/aromatic N) is 2. The minimum Gasteiger partial charge on any atom is -0.304 e. The normalized spacial score (nSPS) is 37.2. The third-order valence-corrected chi connectivity index (χ3v) is 6.81. The van der Waals surface area contributed by atoms with Gasteiger partial charge in [0.25, 0.3) is 5.92 Å². The minimum absolute atomic E-state index is 0.168. The number of nitrogens with one attached hydrogen (secondary N) is 1. The van der Waals surface area contributed by atoms with Crippen LogP contribution in [0.3, 0.4) is 0 Å². The van der Waals surface area contributed by atoms with Gasteiger partial charge in [0.15, 0.2) is 9.91 Å². The number of amidine groups is 1. The number of halogens is 2. The Morgan fingerprint density at radius 1 is 1.42 bits per heavy atom. The van der Waals surface area contributed by atoms with E-state index in [0.29, 0.717) is 11.1 Å². The lowest BCUT2D eigenvalue weighted by Gasteiger charge is -2.29. The first-order chi connectivity index (χ1) is 11.4. The van der Waals surface area contributed by atoms with Crippen molar-refractivity contribution in [1.29, 1.82) is 0 Å². The highest BCUT2D eigenvalue weighted by molar-refractivity contribution is 8.16. The van der Waals surface area contributed by atoms with E-state index in [1.165, 1.54) is 38.1 Å².